The van der Waals surface area contributed by atoms with E-state index in [9.17, 15) is 14.9 Å². The van der Waals surface area contributed by atoms with Gasteiger partial charge in [-0.05, 0) is 12.5 Å². The van der Waals surface area contributed by atoms with E-state index in [0.29, 0.717) is 23.1 Å². The molecule has 2 aromatic rings. The number of hydrogen-bond donors (Lipinski definition) is 1. The number of nitro groups is 1. The number of nitrogens with zero attached hydrogens (tertiary/aromatic N) is 2. The molecular formula is C11H11N3O3. The fraction of sp³-hybridized carbons (Fsp3) is 0.273. The Labute approximate surface area is 96.5 Å². The average molecular weight is 233 g/mol. The monoisotopic (exact) mass is 233 g/mol. The highest BCUT2D eigenvalue weighted by Crippen LogP contribution is 2.16. The largest absolute Gasteiger partial charge is 0.310 e. The van der Waals surface area contributed by atoms with Crippen LogP contribution < -0.4 is 5.56 Å². The van der Waals surface area contributed by atoms with Crippen molar-refractivity contribution in [2.75, 3.05) is 0 Å². The predicted octanol–water partition coefficient (Wildman–Crippen LogP) is 1.78. The molecule has 17 heavy (non-hydrogen) atoms. The Kier molecular flexibility index (Phi) is 2.86. The molecule has 0 unspecified atom stereocenters. The van der Waals surface area contributed by atoms with E-state index in [1.807, 2.05) is 6.92 Å². The maximum absolute atomic E-state index is 11.7. The van der Waals surface area contributed by atoms with Crippen molar-refractivity contribution in [1.29, 1.82) is 0 Å². The fourth-order valence-corrected chi connectivity index (χ4v) is 1.65. The molecule has 88 valence electrons. The van der Waals surface area contributed by atoms with Gasteiger partial charge in [-0.2, -0.15) is 0 Å². The molecule has 0 aliphatic carbocycles. The average Bonchev–Trinajstić information content (AvgIpc) is 2.28. The number of aromatic nitrogens is 2. The first-order chi connectivity index (χ1) is 8.11. The molecule has 0 atom stereocenters. The third-order valence-corrected chi connectivity index (χ3v) is 2.44. The van der Waals surface area contributed by atoms with Gasteiger partial charge in [0.15, 0.2) is 0 Å². The first-order valence-electron chi connectivity index (χ1n) is 5.29. The Bertz CT molecular complexity index is 633. The number of fused-ring (bicyclic) bond motifs is 1. The van der Waals surface area contributed by atoms with Crippen LogP contribution in [0.4, 0.5) is 5.69 Å². The van der Waals surface area contributed by atoms with Gasteiger partial charge in [-0.3, -0.25) is 14.9 Å². The normalized spacial score (nSPS) is 10.6. The van der Waals surface area contributed by atoms with Crippen LogP contribution in [-0.4, -0.2) is 14.9 Å². The molecule has 0 saturated heterocycles. The number of nitro benzene ring substituents is 1. The summed E-state index contributed by atoms with van der Waals surface area (Å²) in [7, 11) is 0. The lowest BCUT2D eigenvalue weighted by Gasteiger charge is -2.01. The van der Waals surface area contributed by atoms with Crippen LogP contribution in [-0.2, 0) is 6.42 Å². The SMILES string of the molecule is CCCc1nc2cc([N+](=O)[O-])ccc2c(=O)[nH]1. The van der Waals surface area contributed by atoms with Crippen molar-refractivity contribution in [2.24, 2.45) is 0 Å². The van der Waals surface area contributed by atoms with Gasteiger partial charge in [0.2, 0.25) is 0 Å². The van der Waals surface area contributed by atoms with Gasteiger partial charge in [0.1, 0.15) is 5.82 Å². The van der Waals surface area contributed by atoms with E-state index in [2.05, 4.69) is 9.97 Å². The lowest BCUT2D eigenvalue weighted by molar-refractivity contribution is -0.384. The molecule has 1 heterocycles. The minimum absolute atomic E-state index is 0.0574. The maximum Gasteiger partial charge on any atom is 0.271 e. The number of aromatic amines is 1. The standard InChI is InChI=1S/C11H11N3O3/c1-2-3-10-12-9-6-7(14(16)17)4-5-8(9)11(15)13-10/h4-6H,2-3H2,1H3,(H,12,13,15). The highest BCUT2D eigenvalue weighted by atomic mass is 16.6. The molecule has 2 rings (SSSR count). The molecule has 0 saturated carbocycles. The third-order valence-electron chi connectivity index (χ3n) is 2.44. The van der Waals surface area contributed by atoms with Gasteiger partial charge >= 0.3 is 0 Å². The molecule has 1 aromatic heterocycles. The van der Waals surface area contributed by atoms with Gasteiger partial charge in [-0.15, -0.1) is 0 Å². The van der Waals surface area contributed by atoms with E-state index in [4.69, 9.17) is 0 Å². The van der Waals surface area contributed by atoms with Crippen molar-refractivity contribution >= 4 is 16.6 Å². The molecule has 1 N–H and O–H groups in total. The molecule has 6 nitrogen and oxygen atoms in total. The number of aryl methyl sites for hydroxylation is 1. The summed E-state index contributed by atoms with van der Waals surface area (Å²) in [6, 6.07) is 4.05. The number of benzene rings is 1. The number of H-pyrrole nitrogens is 1. The van der Waals surface area contributed by atoms with E-state index in [-0.39, 0.29) is 11.2 Å². The minimum Gasteiger partial charge on any atom is -0.310 e. The van der Waals surface area contributed by atoms with Crippen molar-refractivity contribution < 1.29 is 4.92 Å². The van der Waals surface area contributed by atoms with Gasteiger partial charge in [-0.25, -0.2) is 4.98 Å². The van der Waals surface area contributed by atoms with Crippen LogP contribution in [0.1, 0.15) is 19.2 Å². The zero-order chi connectivity index (χ0) is 12.4. The summed E-state index contributed by atoms with van der Waals surface area (Å²) in [4.78, 5) is 28.7. The highest BCUT2D eigenvalue weighted by molar-refractivity contribution is 5.79. The van der Waals surface area contributed by atoms with Gasteiger partial charge in [0, 0.05) is 18.6 Å². The van der Waals surface area contributed by atoms with Gasteiger partial charge in [-0.1, -0.05) is 6.92 Å². The van der Waals surface area contributed by atoms with Crippen LogP contribution in [0, 0.1) is 10.1 Å². The number of rotatable bonds is 3. The van der Waals surface area contributed by atoms with Crippen LogP contribution in [0.2, 0.25) is 0 Å². The zero-order valence-electron chi connectivity index (χ0n) is 9.27. The first-order valence-corrected chi connectivity index (χ1v) is 5.29. The molecule has 6 heteroatoms. The fourth-order valence-electron chi connectivity index (χ4n) is 1.65. The van der Waals surface area contributed by atoms with E-state index >= 15 is 0 Å². The topological polar surface area (TPSA) is 88.9 Å². The Hall–Kier alpha value is -2.24. The molecule has 1 aromatic carbocycles. The molecule has 0 bridgehead atoms. The van der Waals surface area contributed by atoms with Crippen molar-refractivity contribution in [1.82, 2.24) is 9.97 Å². The van der Waals surface area contributed by atoms with Crippen LogP contribution in [0.5, 0.6) is 0 Å². The second kappa shape index (κ2) is 4.32. The second-order valence-corrected chi connectivity index (χ2v) is 3.72. The highest BCUT2D eigenvalue weighted by Gasteiger charge is 2.09. The molecule has 0 spiro atoms. The van der Waals surface area contributed by atoms with Gasteiger partial charge in [0.25, 0.3) is 11.2 Å². The van der Waals surface area contributed by atoms with E-state index in [1.54, 1.807) is 0 Å². The quantitative estimate of drug-likeness (QED) is 0.646. The summed E-state index contributed by atoms with van der Waals surface area (Å²) < 4.78 is 0. The molecule has 0 aliphatic heterocycles. The molecule has 0 fully saturated rings. The summed E-state index contributed by atoms with van der Waals surface area (Å²) in [6.45, 7) is 1.97. The van der Waals surface area contributed by atoms with E-state index in [1.165, 1.54) is 18.2 Å². The number of non-ortho nitro benzene ring substituents is 1. The van der Waals surface area contributed by atoms with E-state index < -0.39 is 4.92 Å². The molecule has 0 radical (unpaired) electrons. The minimum atomic E-state index is -0.498. The number of hydrogen-bond acceptors (Lipinski definition) is 4. The summed E-state index contributed by atoms with van der Waals surface area (Å²) in [5.41, 5.74) is 0.0535. The summed E-state index contributed by atoms with van der Waals surface area (Å²) in [5, 5.41) is 11.0. The van der Waals surface area contributed by atoms with Crippen LogP contribution in [0.3, 0.4) is 0 Å². The van der Waals surface area contributed by atoms with Crippen molar-refractivity contribution in [3.63, 3.8) is 0 Å². The summed E-state index contributed by atoms with van der Waals surface area (Å²) in [6.07, 6.45) is 1.50. The Morgan fingerprint density at radius 3 is 2.88 bits per heavy atom. The van der Waals surface area contributed by atoms with Gasteiger partial charge < -0.3 is 4.98 Å². The summed E-state index contributed by atoms with van der Waals surface area (Å²) >= 11 is 0. The van der Waals surface area contributed by atoms with Gasteiger partial charge in [0.05, 0.1) is 15.8 Å². The lowest BCUT2D eigenvalue weighted by Crippen LogP contribution is -2.11. The van der Waals surface area contributed by atoms with Crippen molar-refractivity contribution in [2.45, 2.75) is 19.8 Å². The van der Waals surface area contributed by atoms with Crippen molar-refractivity contribution in [3.05, 3.63) is 44.5 Å². The summed E-state index contributed by atoms with van der Waals surface area (Å²) in [5.74, 6) is 0.561. The molecular weight excluding hydrogens is 222 g/mol. The maximum atomic E-state index is 11.7. The number of nitrogens with one attached hydrogen (secondary N) is 1. The predicted molar refractivity (Wildman–Crippen MR) is 63.0 cm³/mol. The first kappa shape index (κ1) is 11.3. The zero-order valence-corrected chi connectivity index (χ0v) is 9.27. The van der Waals surface area contributed by atoms with Crippen LogP contribution in [0.25, 0.3) is 10.9 Å². The molecule has 0 aliphatic rings. The van der Waals surface area contributed by atoms with Crippen molar-refractivity contribution in [3.8, 4) is 0 Å². The smallest absolute Gasteiger partial charge is 0.271 e. The lowest BCUT2D eigenvalue weighted by atomic mass is 10.2. The van der Waals surface area contributed by atoms with Crippen LogP contribution >= 0.6 is 0 Å². The third kappa shape index (κ3) is 2.15. The second-order valence-electron chi connectivity index (χ2n) is 3.72. The Balaban J connectivity index is 2.66. The Morgan fingerprint density at radius 2 is 2.24 bits per heavy atom. The molecule has 0 amide bonds. The Morgan fingerprint density at radius 1 is 1.47 bits per heavy atom. The van der Waals surface area contributed by atoms with Crippen LogP contribution in [0.15, 0.2) is 23.0 Å². The van der Waals surface area contributed by atoms with E-state index in [0.717, 1.165) is 6.42 Å².